The maximum atomic E-state index is 6.16. The third-order valence-electron chi connectivity index (χ3n) is 2.72. The van der Waals surface area contributed by atoms with E-state index in [-0.39, 0.29) is 16.2 Å². The lowest BCUT2D eigenvalue weighted by Gasteiger charge is -2.10. The Morgan fingerprint density at radius 3 is 2.40 bits per heavy atom. The molecule has 3 rings (SSSR count). The van der Waals surface area contributed by atoms with Crippen molar-refractivity contribution in [2.75, 3.05) is 0 Å². The second-order valence-electron chi connectivity index (χ2n) is 3.99. The normalized spacial score (nSPS) is 10.8. The molecule has 3 aromatic rings. The average molecular weight is 326 g/mol. The molecule has 1 aromatic heterocycles. The first-order valence-corrected chi connectivity index (χ1v) is 6.81. The number of nitrogens with zero attached hydrogens (tertiary/aromatic N) is 2. The number of halogens is 3. The van der Waals surface area contributed by atoms with Gasteiger partial charge in [0.25, 0.3) is 0 Å². The van der Waals surface area contributed by atoms with Gasteiger partial charge in [-0.2, -0.15) is 4.98 Å². The summed E-state index contributed by atoms with van der Waals surface area (Å²) in [5, 5.41) is 2.77. The van der Waals surface area contributed by atoms with Gasteiger partial charge in [0.15, 0.2) is 0 Å². The molecule has 2 aromatic carbocycles. The lowest BCUT2D eigenvalue weighted by atomic mass is 10.1. The van der Waals surface area contributed by atoms with E-state index in [0.29, 0.717) is 10.8 Å². The van der Waals surface area contributed by atoms with Crippen LogP contribution >= 0.6 is 34.8 Å². The minimum absolute atomic E-state index is 0.0719. The highest BCUT2D eigenvalue weighted by Gasteiger charge is 2.10. The molecule has 0 fully saturated rings. The Hall–Kier alpha value is -1.55. The SMILES string of the molecule is Clc1ncc(Cl)c(Oc2ccc(Cl)c3ccccc23)n1. The van der Waals surface area contributed by atoms with Crippen molar-refractivity contribution >= 4 is 45.6 Å². The lowest BCUT2D eigenvalue weighted by molar-refractivity contribution is 0.467. The summed E-state index contributed by atoms with van der Waals surface area (Å²) in [6, 6.07) is 11.2. The topological polar surface area (TPSA) is 35.0 Å². The number of fused-ring (bicyclic) bond motifs is 1. The summed E-state index contributed by atoms with van der Waals surface area (Å²) in [4.78, 5) is 7.74. The molecule has 0 atom stereocenters. The van der Waals surface area contributed by atoms with Gasteiger partial charge in [-0.1, -0.05) is 47.5 Å². The Labute approximate surface area is 130 Å². The first kappa shape index (κ1) is 13.4. The monoisotopic (exact) mass is 324 g/mol. The third-order valence-corrected chi connectivity index (χ3v) is 3.49. The van der Waals surface area contributed by atoms with Crippen molar-refractivity contribution in [1.29, 1.82) is 0 Å². The predicted octanol–water partition coefficient (Wildman–Crippen LogP) is 5.38. The zero-order chi connectivity index (χ0) is 14.1. The molecule has 0 saturated carbocycles. The Kier molecular flexibility index (Phi) is 3.66. The zero-order valence-corrected chi connectivity index (χ0v) is 12.2. The second kappa shape index (κ2) is 5.44. The van der Waals surface area contributed by atoms with Gasteiger partial charge >= 0.3 is 0 Å². The fourth-order valence-electron chi connectivity index (χ4n) is 1.83. The molecule has 100 valence electrons. The summed E-state index contributed by atoms with van der Waals surface area (Å²) in [5.74, 6) is 0.806. The highest BCUT2D eigenvalue weighted by atomic mass is 35.5. The number of hydrogen-bond donors (Lipinski definition) is 0. The minimum atomic E-state index is 0.0719. The van der Waals surface area contributed by atoms with Crippen molar-refractivity contribution in [3.05, 3.63) is 57.9 Å². The van der Waals surface area contributed by atoms with Gasteiger partial charge < -0.3 is 4.74 Å². The molecule has 0 amide bonds. The van der Waals surface area contributed by atoms with Gasteiger partial charge in [0, 0.05) is 15.8 Å². The molecule has 0 aliphatic heterocycles. The van der Waals surface area contributed by atoms with Gasteiger partial charge in [-0.3, -0.25) is 0 Å². The van der Waals surface area contributed by atoms with E-state index in [2.05, 4.69) is 9.97 Å². The molecular formula is C14H7Cl3N2O. The van der Waals surface area contributed by atoms with E-state index in [4.69, 9.17) is 39.5 Å². The molecule has 0 saturated heterocycles. The average Bonchev–Trinajstić information content (AvgIpc) is 2.46. The summed E-state index contributed by atoms with van der Waals surface area (Å²) >= 11 is 17.9. The molecule has 0 bridgehead atoms. The zero-order valence-electron chi connectivity index (χ0n) is 9.98. The van der Waals surface area contributed by atoms with E-state index < -0.39 is 0 Å². The van der Waals surface area contributed by atoms with Crippen LogP contribution in [0.4, 0.5) is 0 Å². The van der Waals surface area contributed by atoms with Crippen molar-refractivity contribution < 1.29 is 4.74 Å². The van der Waals surface area contributed by atoms with Crippen LogP contribution in [0, 0.1) is 0 Å². The van der Waals surface area contributed by atoms with Gasteiger partial charge in [-0.15, -0.1) is 0 Å². The summed E-state index contributed by atoms with van der Waals surface area (Å²) in [6.45, 7) is 0. The van der Waals surface area contributed by atoms with E-state index in [1.807, 2.05) is 24.3 Å². The van der Waals surface area contributed by atoms with E-state index in [0.717, 1.165) is 10.8 Å². The molecule has 0 N–H and O–H groups in total. The Balaban J connectivity index is 2.11. The number of rotatable bonds is 2. The van der Waals surface area contributed by atoms with Crippen LogP contribution < -0.4 is 4.74 Å². The molecular weight excluding hydrogens is 319 g/mol. The fraction of sp³-hybridized carbons (Fsp3) is 0. The van der Waals surface area contributed by atoms with Crippen LogP contribution in [0.15, 0.2) is 42.6 Å². The molecule has 0 radical (unpaired) electrons. The van der Waals surface area contributed by atoms with E-state index in [1.165, 1.54) is 6.20 Å². The van der Waals surface area contributed by atoms with E-state index in [9.17, 15) is 0 Å². The molecule has 0 spiro atoms. The number of aromatic nitrogens is 2. The quantitative estimate of drug-likeness (QED) is 0.593. The molecule has 1 heterocycles. The molecule has 6 heteroatoms. The summed E-state index contributed by atoms with van der Waals surface area (Å²) in [5.41, 5.74) is 0. The Bertz CT molecular complexity index is 792. The van der Waals surface area contributed by atoms with Crippen LogP contribution in [0.1, 0.15) is 0 Å². The van der Waals surface area contributed by atoms with Crippen LogP contribution in [0.3, 0.4) is 0 Å². The standard InChI is InChI=1S/C14H7Cl3N2O/c15-10-5-6-12(9-4-2-1-3-8(9)10)20-13-11(16)7-18-14(17)19-13/h1-7H. The second-order valence-corrected chi connectivity index (χ2v) is 5.14. The molecule has 0 unspecified atom stereocenters. The fourth-order valence-corrected chi connectivity index (χ4v) is 2.31. The van der Waals surface area contributed by atoms with E-state index in [1.54, 1.807) is 12.1 Å². The number of ether oxygens (including phenoxy) is 1. The van der Waals surface area contributed by atoms with Crippen LogP contribution in [0.2, 0.25) is 15.3 Å². The first-order valence-electron chi connectivity index (χ1n) is 5.68. The van der Waals surface area contributed by atoms with Crippen molar-refractivity contribution in [2.24, 2.45) is 0 Å². The Morgan fingerprint density at radius 2 is 1.60 bits per heavy atom. The van der Waals surface area contributed by atoms with Crippen LogP contribution in [-0.4, -0.2) is 9.97 Å². The van der Waals surface area contributed by atoms with Crippen molar-refractivity contribution in [3.8, 4) is 11.6 Å². The lowest BCUT2D eigenvalue weighted by Crippen LogP contribution is -1.92. The maximum absolute atomic E-state index is 6.16. The largest absolute Gasteiger partial charge is 0.437 e. The van der Waals surface area contributed by atoms with Gasteiger partial charge in [0.1, 0.15) is 10.8 Å². The molecule has 0 aliphatic carbocycles. The van der Waals surface area contributed by atoms with Gasteiger partial charge in [-0.25, -0.2) is 4.98 Å². The Morgan fingerprint density at radius 1 is 0.850 bits per heavy atom. The van der Waals surface area contributed by atoms with Crippen molar-refractivity contribution in [1.82, 2.24) is 9.97 Å². The maximum Gasteiger partial charge on any atom is 0.242 e. The summed E-state index contributed by atoms with van der Waals surface area (Å²) in [6.07, 6.45) is 1.39. The van der Waals surface area contributed by atoms with Crippen LogP contribution in [-0.2, 0) is 0 Å². The number of benzene rings is 2. The van der Waals surface area contributed by atoms with Crippen molar-refractivity contribution in [3.63, 3.8) is 0 Å². The molecule has 0 aliphatic rings. The predicted molar refractivity (Wildman–Crippen MR) is 81.1 cm³/mol. The highest BCUT2D eigenvalue weighted by molar-refractivity contribution is 6.35. The van der Waals surface area contributed by atoms with Gasteiger partial charge in [-0.05, 0) is 23.7 Å². The number of hydrogen-bond acceptors (Lipinski definition) is 3. The van der Waals surface area contributed by atoms with E-state index >= 15 is 0 Å². The van der Waals surface area contributed by atoms with Crippen LogP contribution in [0.5, 0.6) is 11.6 Å². The smallest absolute Gasteiger partial charge is 0.242 e. The first-order chi connectivity index (χ1) is 9.65. The summed E-state index contributed by atoms with van der Waals surface area (Å²) in [7, 11) is 0. The third kappa shape index (κ3) is 2.52. The molecule has 20 heavy (non-hydrogen) atoms. The molecule has 3 nitrogen and oxygen atoms in total. The summed E-state index contributed by atoms with van der Waals surface area (Å²) < 4.78 is 5.73. The van der Waals surface area contributed by atoms with Gasteiger partial charge in [0.2, 0.25) is 11.2 Å². The van der Waals surface area contributed by atoms with Crippen molar-refractivity contribution in [2.45, 2.75) is 0 Å². The van der Waals surface area contributed by atoms with Gasteiger partial charge in [0.05, 0.1) is 6.20 Å². The highest BCUT2D eigenvalue weighted by Crippen LogP contribution is 2.35. The van der Waals surface area contributed by atoms with Crippen LogP contribution in [0.25, 0.3) is 10.8 Å². The minimum Gasteiger partial charge on any atom is -0.437 e.